The molecule has 2 heterocycles. The normalized spacial score (nSPS) is 16.5. The van der Waals surface area contributed by atoms with Crippen LogP contribution in [0.3, 0.4) is 0 Å². The standard InChI is InChI=1S/C22H21N3O4S2/c26-21(15-6-8-17(9-7-15)29-16-4-2-1-3-5-16)24-22-23-19-12-13-25(14-20(19)30-22)31(27,28)18-10-11-18/h1-9,18H,10-14H2,(H,23,24,26). The van der Waals surface area contributed by atoms with Crippen LogP contribution in [0.15, 0.2) is 54.6 Å². The lowest BCUT2D eigenvalue weighted by Gasteiger charge is -2.25. The van der Waals surface area contributed by atoms with Gasteiger partial charge in [0.1, 0.15) is 11.5 Å². The third kappa shape index (κ3) is 4.34. The molecule has 2 aliphatic rings. The van der Waals surface area contributed by atoms with E-state index in [0.29, 0.717) is 36.0 Å². The number of aromatic nitrogens is 1. The smallest absolute Gasteiger partial charge is 0.257 e. The van der Waals surface area contributed by atoms with Gasteiger partial charge in [-0.05, 0) is 49.2 Å². The van der Waals surface area contributed by atoms with Gasteiger partial charge in [-0.25, -0.2) is 13.4 Å². The molecule has 5 rings (SSSR count). The number of amides is 1. The highest BCUT2D eigenvalue weighted by molar-refractivity contribution is 7.90. The van der Waals surface area contributed by atoms with Gasteiger partial charge in [-0.1, -0.05) is 18.2 Å². The Hall–Kier alpha value is -2.75. The van der Waals surface area contributed by atoms with Crippen molar-refractivity contribution in [2.24, 2.45) is 0 Å². The summed E-state index contributed by atoms with van der Waals surface area (Å²) in [5, 5.41) is 3.11. The number of sulfonamides is 1. The zero-order chi connectivity index (χ0) is 21.4. The van der Waals surface area contributed by atoms with E-state index in [0.717, 1.165) is 29.2 Å². The number of fused-ring (bicyclic) bond motifs is 1. The van der Waals surface area contributed by atoms with E-state index < -0.39 is 10.0 Å². The maximum absolute atomic E-state index is 12.6. The quantitative estimate of drug-likeness (QED) is 0.606. The van der Waals surface area contributed by atoms with Gasteiger partial charge in [-0.3, -0.25) is 10.1 Å². The summed E-state index contributed by atoms with van der Waals surface area (Å²) in [6.45, 7) is 0.791. The van der Waals surface area contributed by atoms with Gasteiger partial charge in [-0.15, -0.1) is 11.3 Å². The van der Waals surface area contributed by atoms with Gasteiger partial charge in [0.25, 0.3) is 5.91 Å². The predicted octanol–water partition coefficient (Wildman–Crippen LogP) is 4.04. The maximum atomic E-state index is 12.6. The molecule has 0 atom stereocenters. The number of thiazole rings is 1. The number of carbonyl (C=O) groups is 1. The summed E-state index contributed by atoms with van der Waals surface area (Å²) in [5.74, 6) is 1.11. The van der Waals surface area contributed by atoms with Gasteiger partial charge in [0, 0.05) is 30.0 Å². The number of nitrogens with one attached hydrogen (secondary N) is 1. The zero-order valence-corrected chi connectivity index (χ0v) is 18.3. The molecule has 0 radical (unpaired) electrons. The van der Waals surface area contributed by atoms with Gasteiger partial charge >= 0.3 is 0 Å². The molecule has 160 valence electrons. The highest BCUT2D eigenvalue weighted by atomic mass is 32.2. The Balaban J connectivity index is 1.24. The lowest BCUT2D eigenvalue weighted by molar-refractivity contribution is 0.102. The first-order chi connectivity index (χ1) is 15.0. The summed E-state index contributed by atoms with van der Waals surface area (Å²) in [7, 11) is -3.20. The number of para-hydroxylation sites is 1. The fourth-order valence-electron chi connectivity index (χ4n) is 3.49. The van der Waals surface area contributed by atoms with Crippen LogP contribution >= 0.6 is 11.3 Å². The summed E-state index contributed by atoms with van der Waals surface area (Å²) < 4.78 is 32.3. The van der Waals surface area contributed by atoms with E-state index in [1.165, 1.54) is 11.3 Å². The SMILES string of the molecule is O=C(Nc1nc2c(s1)CN(S(=O)(=O)C1CC1)CC2)c1ccc(Oc2ccccc2)cc1. The van der Waals surface area contributed by atoms with Crippen LogP contribution in [0.1, 0.15) is 33.8 Å². The zero-order valence-electron chi connectivity index (χ0n) is 16.7. The van der Waals surface area contributed by atoms with Crippen molar-refractivity contribution >= 4 is 32.4 Å². The number of hydrogen-bond donors (Lipinski definition) is 1. The highest BCUT2D eigenvalue weighted by Crippen LogP contribution is 2.35. The number of nitrogens with zero attached hydrogens (tertiary/aromatic N) is 2. The second kappa shape index (κ2) is 8.07. The fraction of sp³-hybridized carbons (Fsp3) is 0.273. The highest BCUT2D eigenvalue weighted by Gasteiger charge is 2.41. The Morgan fingerprint density at radius 2 is 1.77 bits per heavy atom. The molecular weight excluding hydrogens is 434 g/mol. The van der Waals surface area contributed by atoms with E-state index in [4.69, 9.17) is 4.74 Å². The van der Waals surface area contributed by atoms with Crippen LogP contribution in [0, 0.1) is 0 Å². The van der Waals surface area contributed by atoms with Gasteiger partial charge < -0.3 is 4.74 Å². The molecule has 1 N–H and O–H groups in total. The molecule has 0 spiro atoms. The van der Waals surface area contributed by atoms with Crippen LogP contribution < -0.4 is 10.1 Å². The topological polar surface area (TPSA) is 88.6 Å². The van der Waals surface area contributed by atoms with E-state index >= 15 is 0 Å². The Kier molecular flexibility index (Phi) is 5.25. The Morgan fingerprint density at radius 3 is 2.48 bits per heavy atom. The summed E-state index contributed by atoms with van der Waals surface area (Å²) in [4.78, 5) is 18.0. The third-order valence-electron chi connectivity index (χ3n) is 5.32. The number of ether oxygens (including phenoxy) is 1. The van der Waals surface area contributed by atoms with Crippen molar-refractivity contribution in [1.29, 1.82) is 0 Å². The minimum atomic E-state index is -3.20. The Bertz CT molecular complexity index is 1200. The molecule has 1 aromatic heterocycles. The number of hydrogen-bond acceptors (Lipinski definition) is 6. The Morgan fingerprint density at radius 1 is 1.06 bits per heavy atom. The van der Waals surface area contributed by atoms with Gasteiger partial charge in [0.2, 0.25) is 10.0 Å². The lowest BCUT2D eigenvalue weighted by atomic mass is 10.2. The molecule has 3 aromatic rings. The van der Waals surface area contributed by atoms with E-state index in [9.17, 15) is 13.2 Å². The summed E-state index contributed by atoms with van der Waals surface area (Å²) >= 11 is 1.34. The first-order valence-electron chi connectivity index (χ1n) is 10.1. The fourth-order valence-corrected chi connectivity index (χ4v) is 6.40. The molecule has 0 saturated heterocycles. The van der Waals surface area contributed by atoms with Crippen LogP contribution in [-0.4, -0.2) is 35.4 Å². The molecule has 31 heavy (non-hydrogen) atoms. The van der Waals surface area contributed by atoms with Crippen LogP contribution in [-0.2, 0) is 23.0 Å². The van der Waals surface area contributed by atoms with Crippen LogP contribution in [0.25, 0.3) is 0 Å². The van der Waals surface area contributed by atoms with Crippen molar-refractivity contribution in [2.45, 2.75) is 31.1 Å². The largest absolute Gasteiger partial charge is 0.457 e. The molecule has 1 aliphatic heterocycles. The monoisotopic (exact) mass is 455 g/mol. The molecule has 0 unspecified atom stereocenters. The second-order valence-electron chi connectivity index (χ2n) is 7.61. The van der Waals surface area contributed by atoms with Crippen LogP contribution in [0.5, 0.6) is 11.5 Å². The molecule has 9 heteroatoms. The van der Waals surface area contributed by atoms with Gasteiger partial charge in [-0.2, -0.15) is 4.31 Å². The molecule has 1 aliphatic carbocycles. The van der Waals surface area contributed by atoms with Crippen molar-refractivity contribution in [2.75, 3.05) is 11.9 Å². The number of carbonyl (C=O) groups excluding carboxylic acids is 1. The average molecular weight is 456 g/mol. The predicted molar refractivity (Wildman–Crippen MR) is 119 cm³/mol. The molecule has 0 bridgehead atoms. The van der Waals surface area contributed by atoms with Crippen molar-refractivity contribution in [1.82, 2.24) is 9.29 Å². The third-order valence-corrected chi connectivity index (χ3v) is 8.66. The van der Waals surface area contributed by atoms with E-state index in [2.05, 4.69) is 10.3 Å². The lowest BCUT2D eigenvalue weighted by Crippen LogP contribution is -2.37. The van der Waals surface area contributed by atoms with Crippen molar-refractivity contribution in [3.63, 3.8) is 0 Å². The van der Waals surface area contributed by atoms with Gasteiger partial charge in [0.15, 0.2) is 5.13 Å². The van der Waals surface area contributed by atoms with Crippen molar-refractivity contribution in [3.05, 3.63) is 70.7 Å². The molecule has 7 nitrogen and oxygen atoms in total. The van der Waals surface area contributed by atoms with Crippen molar-refractivity contribution < 1.29 is 17.9 Å². The first kappa shape index (κ1) is 20.2. The molecular formula is C22H21N3O4S2. The summed E-state index contributed by atoms with van der Waals surface area (Å²) in [5.41, 5.74) is 1.36. The van der Waals surface area contributed by atoms with E-state index in [1.807, 2.05) is 30.3 Å². The minimum Gasteiger partial charge on any atom is -0.457 e. The number of benzene rings is 2. The molecule has 1 saturated carbocycles. The minimum absolute atomic E-state index is 0.213. The number of rotatable bonds is 6. The van der Waals surface area contributed by atoms with Crippen LogP contribution in [0.2, 0.25) is 0 Å². The maximum Gasteiger partial charge on any atom is 0.257 e. The van der Waals surface area contributed by atoms with Crippen molar-refractivity contribution in [3.8, 4) is 11.5 Å². The Labute approximate surface area is 184 Å². The second-order valence-corrected chi connectivity index (χ2v) is 10.9. The van der Waals surface area contributed by atoms with E-state index in [-0.39, 0.29) is 11.2 Å². The van der Waals surface area contributed by atoms with Gasteiger partial charge in [0.05, 0.1) is 10.9 Å². The molecule has 2 aromatic carbocycles. The average Bonchev–Trinajstić information content (AvgIpc) is 3.56. The first-order valence-corrected chi connectivity index (χ1v) is 12.4. The summed E-state index contributed by atoms with van der Waals surface area (Å²) in [6.07, 6.45) is 2.08. The number of anilines is 1. The summed E-state index contributed by atoms with van der Waals surface area (Å²) in [6, 6.07) is 16.3. The van der Waals surface area contributed by atoms with E-state index in [1.54, 1.807) is 28.6 Å². The van der Waals surface area contributed by atoms with Crippen LogP contribution in [0.4, 0.5) is 5.13 Å². The molecule has 1 fully saturated rings. The molecule has 1 amide bonds.